The zero-order chi connectivity index (χ0) is 21.6. The fraction of sp³-hybridized carbons (Fsp3) is 0.636. The fourth-order valence-corrected chi connectivity index (χ4v) is 5.88. The minimum atomic E-state index is -0.580. The molecule has 3 N–H and O–H groups in total. The lowest BCUT2D eigenvalue weighted by atomic mass is 9.76. The monoisotopic (exact) mass is 450 g/mol. The summed E-state index contributed by atoms with van der Waals surface area (Å²) in [6.45, 7) is 2.66. The lowest BCUT2D eigenvalue weighted by molar-refractivity contribution is -0.128. The molecule has 168 valence electrons. The SMILES string of the molecule is O=C(COc1ccc(Cl)c(F)c1)NC12CC(C1)[C@@H](NC(=O)C1CCC3NCCN3C1)C2. The third kappa shape index (κ3) is 4.25. The normalized spacial score (nSPS) is 34.0. The first-order chi connectivity index (χ1) is 14.9. The molecule has 2 amide bonds. The number of carbonyl (C=O) groups is 2. The molecule has 3 saturated carbocycles. The van der Waals surface area contributed by atoms with Gasteiger partial charge in [-0.25, -0.2) is 4.39 Å². The molecule has 31 heavy (non-hydrogen) atoms. The van der Waals surface area contributed by atoms with E-state index in [4.69, 9.17) is 16.3 Å². The van der Waals surface area contributed by atoms with E-state index in [2.05, 4.69) is 20.9 Å². The molecule has 2 heterocycles. The number of benzene rings is 1. The number of fused-ring (bicyclic) bond motifs is 2. The van der Waals surface area contributed by atoms with Crippen LogP contribution in [0.15, 0.2) is 18.2 Å². The highest BCUT2D eigenvalue weighted by Crippen LogP contribution is 2.52. The van der Waals surface area contributed by atoms with Gasteiger partial charge in [-0.05, 0) is 50.2 Å². The number of carbonyl (C=O) groups excluding carboxylic acids is 2. The summed E-state index contributed by atoms with van der Waals surface area (Å²) in [7, 11) is 0. The molecule has 3 atom stereocenters. The molecule has 2 saturated heterocycles. The second-order valence-corrected chi connectivity index (χ2v) is 9.83. The number of amides is 2. The topological polar surface area (TPSA) is 82.7 Å². The molecule has 0 radical (unpaired) electrons. The Morgan fingerprint density at radius 3 is 2.94 bits per heavy atom. The Morgan fingerprint density at radius 2 is 2.13 bits per heavy atom. The van der Waals surface area contributed by atoms with Gasteiger partial charge >= 0.3 is 0 Å². The van der Waals surface area contributed by atoms with Crippen molar-refractivity contribution in [3.05, 3.63) is 29.0 Å². The molecule has 0 spiro atoms. The Morgan fingerprint density at radius 1 is 1.29 bits per heavy atom. The summed E-state index contributed by atoms with van der Waals surface area (Å²) in [6, 6.07) is 4.22. The second-order valence-electron chi connectivity index (χ2n) is 9.42. The minimum Gasteiger partial charge on any atom is -0.484 e. The van der Waals surface area contributed by atoms with Crippen LogP contribution in [0.3, 0.4) is 0 Å². The Bertz CT molecular complexity index is 878. The van der Waals surface area contributed by atoms with E-state index >= 15 is 0 Å². The van der Waals surface area contributed by atoms with Crippen molar-refractivity contribution < 1.29 is 18.7 Å². The van der Waals surface area contributed by atoms with Crippen molar-refractivity contribution in [2.75, 3.05) is 26.2 Å². The molecule has 1 aromatic rings. The molecular weight excluding hydrogens is 423 g/mol. The first-order valence-corrected chi connectivity index (χ1v) is 11.5. The summed E-state index contributed by atoms with van der Waals surface area (Å²) in [5.74, 6) is 0.0653. The van der Waals surface area contributed by atoms with Gasteiger partial charge in [-0.1, -0.05) is 11.6 Å². The summed E-state index contributed by atoms with van der Waals surface area (Å²) in [5.41, 5.74) is -0.259. The molecular formula is C22H28ClFN4O3. The number of halogens is 2. The molecule has 2 unspecified atom stereocenters. The molecule has 1 aromatic carbocycles. The van der Waals surface area contributed by atoms with E-state index in [1.165, 1.54) is 18.2 Å². The molecule has 2 bridgehead atoms. The molecule has 5 fully saturated rings. The van der Waals surface area contributed by atoms with Crippen molar-refractivity contribution in [1.29, 1.82) is 0 Å². The van der Waals surface area contributed by atoms with Gasteiger partial charge in [0.2, 0.25) is 5.91 Å². The highest BCUT2D eigenvalue weighted by atomic mass is 35.5. The smallest absolute Gasteiger partial charge is 0.258 e. The van der Waals surface area contributed by atoms with Crippen molar-refractivity contribution in [1.82, 2.24) is 20.9 Å². The maximum atomic E-state index is 13.5. The van der Waals surface area contributed by atoms with E-state index in [0.717, 1.165) is 51.7 Å². The van der Waals surface area contributed by atoms with Crippen LogP contribution >= 0.6 is 11.6 Å². The van der Waals surface area contributed by atoms with Crippen LogP contribution in [0.1, 0.15) is 32.1 Å². The van der Waals surface area contributed by atoms with Crippen LogP contribution in [-0.4, -0.2) is 60.7 Å². The van der Waals surface area contributed by atoms with Crippen LogP contribution in [0, 0.1) is 17.7 Å². The Hall–Kier alpha value is -1.90. The van der Waals surface area contributed by atoms with Crippen molar-refractivity contribution in [3.8, 4) is 5.75 Å². The molecule has 7 nitrogen and oxygen atoms in total. The minimum absolute atomic E-state index is 0.0142. The van der Waals surface area contributed by atoms with Gasteiger partial charge in [0.05, 0.1) is 17.1 Å². The lowest BCUT2D eigenvalue weighted by Gasteiger charge is -2.39. The molecule has 9 heteroatoms. The van der Waals surface area contributed by atoms with Crippen molar-refractivity contribution in [3.63, 3.8) is 0 Å². The quantitative estimate of drug-likeness (QED) is 0.614. The van der Waals surface area contributed by atoms with Crippen molar-refractivity contribution in [2.45, 2.75) is 49.9 Å². The summed E-state index contributed by atoms with van der Waals surface area (Å²) >= 11 is 5.66. The van der Waals surface area contributed by atoms with E-state index < -0.39 is 5.82 Å². The average Bonchev–Trinajstić information content (AvgIpc) is 3.40. The van der Waals surface area contributed by atoms with Gasteiger partial charge in [-0.15, -0.1) is 0 Å². The van der Waals surface area contributed by atoms with E-state index in [0.29, 0.717) is 12.1 Å². The van der Waals surface area contributed by atoms with Gasteiger partial charge in [0.1, 0.15) is 11.6 Å². The summed E-state index contributed by atoms with van der Waals surface area (Å²) < 4.78 is 18.9. The zero-order valence-corrected chi connectivity index (χ0v) is 18.1. The van der Waals surface area contributed by atoms with Crippen molar-refractivity contribution >= 4 is 23.4 Å². The zero-order valence-electron chi connectivity index (χ0n) is 17.3. The summed E-state index contributed by atoms with van der Waals surface area (Å²) in [6.07, 6.45) is 4.88. The number of ether oxygens (including phenoxy) is 1. The van der Waals surface area contributed by atoms with E-state index in [9.17, 15) is 14.0 Å². The van der Waals surface area contributed by atoms with E-state index in [1.54, 1.807) is 0 Å². The van der Waals surface area contributed by atoms with Gasteiger partial charge < -0.3 is 20.7 Å². The van der Waals surface area contributed by atoms with Gasteiger partial charge in [0, 0.05) is 37.3 Å². The number of rotatable bonds is 6. The highest BCUT2D eigenvalue weighted by Gasteiger charge is 2.57. The number of nitrogens with one attached hydrogen (secondary N) is 3. The maximum absolute atomic E-state index is 13.5. The number of piperidine rings is 1. The van der Waals surface area contributed by atoms with Crippen LogP contribution in [0.25, 0.3) is 0 Å². The standard InChI is InChI=1S/C22H28ClFN4O3/c23-16-3-2-15(7-17(16)24)31-12-20(29)27-22-8-14(9-22)18(10-22)26-21(30)13-1-4-19-25-5-6-28(19)11-13/h2-3,7,13-14,18-19,25H,1,4-6,8-12H2,(H,26,30)(H,27,29)/t13?,14?,18-,19?,22?/m0/s1. The predicted molar refractivity (Wildman–Crippen MR) is 113 cm³/mol. The third-order valence-electron chi connectivity index (χ3n) is 7.31. The fourth-order valence-electron chi connectivity index (χ4n) is 5.76. The summed E-state index contributed by atoms with van der Waals surface area (Å²) in [4.78, 5) is 27.6. The number of hydrogen-bond donors (Lipinski definition) is 3. The Kier molecular flexibility index (Phi) is 5.56. The largest absolute Gasteiger partial charge is 0.484 e. The Labute approximate surface area is 186 Å². The highest BCUT2D eigenvalue weighted by molar-refractivity contribution is 6.30. The second kappa shape index (κ2) is 8.22. The van der Waals surface area contributed by atoms with Gasteiger partial charge in [0.15, 0.2) is 6.61 Å². The molecule has 5 aliphatic rings. The first kappa shape index (κ1) is 21.0. The molecule has 0 aromatic heterocycles. The van der Waals surface area contributed by atoms with E-state index in [1.807, 2.05) is 0 Å². The van der Waals surface area contributed by atoms with Crippen LogP contribution in [0.5, 0.6) is 5.75 Å². The van der Waals surface area contributed by atoms with Gasteiger partial charge in [-0.3, -0.25) is 14.5 Å². The third-order valence-corrected chi connectivity index (χ3v) is 7.62. The van der Waals surface area contributed by atoms with Gasteiger partial charge in [0.25, 0.3) is 5.91 Å². The Balaban J connectivity index is 1.08. The van der Waals surface area contributed by atoms with Gasteiger partial charge in [-0.2, -0.15) is 0 Å². The lowest BCUT2D eigenvalue weighted by Crippen LogP contribution is -2.53. The van der Waals surface area contributed by atoms with Crippen LogP contribution in [0.4, 0.5) is 4.39 Å². The van der Waals surface area contributed by atoms with Crippen LogP contribution in [-0.2, 0) is 9.59 Å². The number of hydrogen-bond acceptors (Lipinski definition) is 5. The number of nitrogens with zero attached hydrogens (tertiary/aromatic N) is 1. The van der Waals surface area contributed by atoms with E-state index in [-0.39, 0.29) is 46.7 Å². The molecule has 6 rings (SSSR count). The summed E-state index contributed by atoms with van der Waals surface area (Å²) in [5, 5.41) is 9.83. The molecule has 2 aliphatic heterocycles. The average molecular weight is 451 g/mol. The first-order valence-electron chi connectivity index (χ1n) is 11.1. The molecule has 3 aliphatic carbocycles. The predicted octanol–water partition coefficient (Wildman–Crippen LogP) is 1.65. The van der Waals surface area contributed by atoms with Crippen LogP contribution < -0.4 is 20.7 Å². The maximum Gasteiger partial charge on any atom is 0.258 e. The van der Waals surface area contributed by atoms with Crippen molar-refractivity contribution in [2.24, 2.45) is 11.8 Å². The van der Waals surface area contributed by atoms with Crippen LogP contribution in [0.2, 0.25) is 5.02 Å².